The molecule has 0 unspecified atom stereocenters. The Morgan fingerprint density at radius 3 is 2.76 bits per heavy atom. The van der Waals surface area contributed by atoms with Crippen molar-refractivity contribution in [2.75, 3.05) is 26.2 Å². The molecule has 0 aromatic rings. The van der Waals surface area contributed by atoms with E-state index < -0.39 is 5.97 Å². The molecule has 1 heterocycles. The van der Waals surface area contributed by atoms with Gasteiger partial charge in [-0.25, -0.2) is 4.79 Å². The van der Waals surface area contributed by atoms with Crippen LogP contribution in [-0.4, -0.2) is 53.1 Å². The van der Waals surface area contributed by atoms with Crippen molar-refractivity contribution >= 4 is 12.0 Å². The third-order valence-electron chi connectivity index (χ3n) is 2.85. The van der Waals surface area contributed by atoms with E-state index in [1.807, 2.05) is 13.8 Å². The number of carbonyl (C=O) groups excluding carboxylic acids is 1. The summed E-state index contributed by atoms with van der Waals surface area (Å²) in [4.78, 5) is 26.0. The standard InChI is InChI=1S/C12H20N2O3/c1-3-13(8-6-11(15)16)12(17)14-7-4-5-10(2)9-14/h5H,3-4,6-9H2,1-2H3,(H,15,16). The van der Waals surface area contributed by atoms with Gasteiger partial charge in [0.15, 0.2) is 0 Å². The summed E-state index contributed by atoms with van der Waals surface area (Å²) in [7, 11) is 0. The lowest BCUT2D eigenvalue weighted by atomic mass is 10.1. The van der Waals surface area contributed by atoms with Crippen molar-refractivity contribution in [1.29, 1.82) is 0 Å². The molecule has 0 saturated carbocycles. The molecule has 2 amide bonds. The average molecular weight is 240 g/mol. The van der Waals surface area contributed by atoms with Gasteiger partial charge in [0.1, 0.15) is 0 Å². The van der Waals surface area contributed by atoms with Crippen LogP contribution in [-0.2, 0) is 4.79 Å². The van der Waals surface area contributed by atoms with Crippen molar-refractivity contribution in [2.24, 2.45) is 0 Å². The summed E-state index contributed by atoms with van der Waals surface area (Å²) in [6, 6.07) is -0.0544. The van der Waals surface area contributed by atoms with Crippen LogP contribution in [0.25, 0.3) is 0 Å². The third kappa shape index (κ3) is 4.09. The van der Waals surface area contributed by atoms with E-state index in [1.54, 1.807) is 9.80 Å². The lowest BCUT2D eigenvalue weighted by Gasteiger charge is -2.31. The minimum absolute atomic E-state index is 0.00222. The zero-order valence-electron chi connectivity index (χ0n) is 10.5. The molecule has 17 heavy (non-hydrogen) atoms. The van der Waals surface area contributed by atoms with Crippen molar-refractivity contribution in [1.82, 2.24) is 9.80 Å². The highest BCUT2D eigenvalue weighted by Crippen LogP contribution is 2.11. The first kappa shape index (κ1) is 13.5. The van der Waals surface area contributed by atoms with Crippen LogP contribution in [0.3, 0.4) is 0 Å². The van der Waals surface area contributed by atoms with Gasteiger partial charge in [0.05, 0.1) is 6.42 Å². The lowest BCUT2D eigenvalue weighted by Crippen LogP contribution is -2.45. The fourth-order valence-corrected chi connectivity index (χ4v) is 1.89. The van der Waals surface area contributed by atoms with E-state index in [0.29, 0.717) is 13.1 Å². The largest absolute Gasteiger partial charge is 0.481 e. The van der Waals surface area contributed by atoms with Gasteiger partial charge in [0.25, 0.3) is 0 Å². The highest BCUT2D eigenvalue weighted by molar-refractivity contribution is 5.76. The molecule has 0 bridgehead atoms. The molecule has 0 fully saturated rings. The number of amides is 2. The van der Waals surface area contributed by atoms with E-state index in [1.165, 1.54) is 5.57 Å². The van der Waals surface area contributed by atoms with Crippen molar-refractivity contribution < 1.29 is 14.7 Å². The van der Waals surface area contributed by atoms with Gasteiger partial charge in [0, 0.05) is 26.2 Å². The van der Waals surface area contributed by atoms with Gasteiger partial charge in [-0.2, -0.15) is 0 Å². The number of carboxylic acid groups (broad SMARTS) is 1. The minimum atomic E-state index is -0.869. The summed E-state index contributed by atoms with van der Waals surface area (Å²) in [5.41, 5.74) is 1.19. The monoisotopic (exact) mass is 240 g/mol. The smallest absolute Gasteiger partial charge is 0.320 e. The maximum Gasteiger partial charge on any atom is 0.320 e. The van der Waals surface area contributed by atoms with Crippen LogP contribution in [0.15, 0.2) is 11.6 Å². The molecule has 0 aromatic heterocycles. The molecular formula is C12H20N2O3. The Morgan fingerprint density at radius 1 is 1.53 bits per heavy atom. The molecule has 0 radical (unpaired) electrons. The summed E-state index contributed by atoms with van der Waals surface area (Å²) in [6.07, 6.45) is 3.02. The van der Waals surface area contributed by atoms with Crippen LogP contribution in [0, 0.1) is 0 Å². The molecular weight excluding hydrogens is 220 g/mol. The predicted octanol–water partition coefficient (Wildman–Crippen LogP) is 1.56. The first-order valence-corrected chi connectivity index (χ1v) is 5.96. The molecule has 0 aliphatic carbocycles. The fraction of sp³-hybridized carbons (Fsp3) is 0.667. The van der Waals surface area contributed by atoms with Crippen LogP contribution in [0.5, 0.6) is 0 Å². The minimum Gasteiger partial charge on any atom is -0.481 e. The number of carboxylic acids is 1. The predicted molar refractivity (Wildman–Crippen MR) is 64.8 cm³/mol. The number of urea groups is 1. The van der Waals surface area contributed by atoms with Gasteiger partial charge >= 0.3 is 12.0 Å². The van der Waals surface area contributed by atoms with Crippen molar-refractivity contribution in [3.63, 3.8) is 0 Å². The quantitative estimate of drug-likeness (QED) is 0.758. The van der Waals surface area contributed by atoms with E-state index in [2.05, 4.69) is 6.08 Å². The summed E-state index contributed by atoms with van der Waals surface area (Å²) in [5, 5.41) is 8.63. The second-order valence-electron chi connectivity index (χ2n) is 4.27. The molecule has 1 aliphatic rings. The van der Waals surface area contributed by atoms with Gasteiger partial charge in [-0.3, -0.25) is 4.79 Å². The first-order chi connectivity index (χ1) is 8.04. The number of hydrogen-bond acceptors (Lipinski definition) is 2. The average Bonchev–Trinajstić information content (AvgIpc) is 2.29. The molecule has 5 heteroatoms. The lowest BCUT2D eigenvalue weighted by molar-refractivity contribution is -0.137. The molecule has 5 nitrogen and oxygen atoms in total. The molecule has 0 saturated heterocycles. The fourth-order valence-electron chi connectivity index (χ4n) is 1.89. The topological polar surface area (TPSA) is 60.9 Å². The van der Waals surface area contributed by atoms with Crippen LogP contribution in [0.2, 0.25) is 0 Å². The Morgan fingerprint density at radius 2 is 2.24 bits per heavy atom. The van der Waals surface area contributed by atoms with Gasteiger partial charge in [0.2, 0.25) is 0 Å². The number of rotatable bonds is 4. The first-order valence-electron chi connectivity index (χ1n) is 5.96. The van der Waals surface area contributed by atoms with Crippen molar-refractivity contribution in [3.05, 3.63) is 11.6 Å². The molecule has 96 valence electrons. The molecule has 1 rings (SSSR count). The maximum atomic E-state index is 12.1. The van der Waals surface area contributed by atoms with Gasteiger partial charge in [-0.1, -0.05) is 11.6 Å². The van der Waals surface area contributed by atoms with E-state index in [4.69, 9.17) is 5.11 Å². The van der Waals surface area contributed by atoms with Crippen LogP contribution < -0.4 is 0 Å². The summed E-state index contributed by atoms with van der Waals surface area (Å²) in [5.74, 6) is -0.869. The summed E-state index contributed by atoms with van der Waals surface area (Å²) >= 11 is 0. The second-order valence-corrected chi connectivity index (χ2v) is 4.27. The summed E-state index contributed by atoms with van der Waals surface area (Å²) < 4.78 is 0. The Kier molecular flexibility index (Phi) is 5.00. The molecule has 0 atom stereocenters. The number of hydrogen-bond donors (Lipinski definition) is 1. The van der Waals surface area contributed by atoms with Gasteiger partial charge < -0.3 is 14.9 Å². The highest BCUT2D eigenvalue weighted by atomic mass is 16.4. The Hall–Kier alpha value is -1.52. The second kappa shape index (κ2) is 6.27. The Balaban J connectivity index is 2.53. The zero-order valence-corrected chi connectivity index (χ0v) is 10.5. The van der Waals surface area contributed by atoms with Gasteiger partial charge in [-0.05, 0) is 20.3 Å². The van der Waals surface area contributed by atoms with E-state index in [0.717, 1.165) is 13.0 Å². The third-order valence-corrected chi connectivity index (χ3v) is 2.85. The Bertz CT molecular complexity index is 326. The van der Waals surface area contributed by atoms with Crippen LogP contribution in [0.1, 0.15) is 26.7 Å². The van der Waals surface area contributed by atoms with E-state index >= 15 is 0 Å². The van der Waals surface area contributed by atoms with E-state index in [-0.39, 0.29) is 19.0 Å². The molecule has 0 spiro atoms. The van der Waals surface area contributed by atoms with Crippen molar-refractivity contribution in [3.8, 4) is 0 Å². The number of carbonyl (C=O) groups is 2. The zero-order chi connectivity index (χ0) is 12.8. The maximum absolute atomic E-state index is 12.1. The SMILES string of the molecule is CCN(CCC(=O)O)C(=O)N1CCC=C(C)C1. The molecule has 1 N–H and O–H groups in total. The highest BCUT2D eigenvalue weighted by Gasteiger charge is 2.21. The van der Waals surface area contributed by atoms with Crippen molar-refractivity contribution in [2.45, 2.75) is 26.7 Å². The van der Waals surface area contributed by atoms with Crippen LogP contribution >= 0.6 is 0 Å². The van der Waals surface area contributed by atoms with Gasteiger partial charge in [-0.15, -0.1) is 0 Å². The summed E-state index contributed by atoms with van der Waals surface area (Å²) in [6.45, 7) is 6.08. The van der Waals surface area contributed by atoms with E-state index in [9.17, 15) is 9.59 Å². The molecule has 1 aliphatic heterocycles. The number of nitrogens with zero attached hydrogens (tertiary/aromatic N) is 2. The number of aliphatic carboxylic acids is 1. The van der Waals surface area contributed by atoms with Crippen LogP contribution in [0.4, 0.5) is 4.79 Å². The Labute approximate surface area is 102 Å². The molecule has 0 aromatic carbocycles. The normalized spacial score (nSPS) is 15.4.